The summed E-state index contributed by atoms with van der Waals surface area (Å²) in [5.74, 6) is -2.38. The molecule has 0 amide bonds. The summed E-state index contributed by atoms with van der Waals surface area (Å²) in [6.45, 7) is 7.34. The first-order chi connectivity index (χ1) is 13.6. The van der Waals surface area contributed by atoms with Gasteiger partial charge in [-0.05, 0) is 44.6 Å². The Hall–Kier alpha value is -1.89. The zero-order valence-corrected chi connectivity index (χ0v) is 17.2. The fourth-order valence-electron chi connectivity index (χ4n) is 8.23. The Morgan fingerprint density at radius 1 is 1.28 bits per heavy atom. The normalized spacial score (nSPS) is 51.9. The number of rotatable bonds is 2. The van der Waals surface area contributed by atoms with Gasteiger partial charge in [0.1, 0.15) is 11.2 Å². The van der Waals surface area contributed by atoms with Gasteiger partial charge in [0.25, 0.3) is 0 Å². The molecule has 1 N–H and O–H groups in total. The third-order valence-electron chi connectivity index (χ3n) is 9.02. The number of methoxy groups -OCH3 is 1. The van der Waals surface area contributed by atoms with Crippen LogP contribution in [0.5, 0.6) is 0 Å². The number of fused-ring (bicyclic) bond motifs is 1. The van der Waals surface area contributed by atoms with Crippen molar-refractivity contribution in [3.63, 3.8) is 0 Å². The Morgan fingerprint density at radius 2 is 2.00 bits per heavy atom. The Labute approximate surface area is 169 Å². The summed E-state index contributed by atoms with van der Waals surface area (Å²) in [5.41, 5.74) is -3.00. The van der Waals surface area contributed by atoms with Crippen LogP contribution >= 0.6 is 0 Å². The van der Waals surface area contributed by atoms with Crippen LogP contribution in [0.3, 0.4) is 0 Å². The molecule has 8 atom stereocenters. The monoisotopic (exact) mass is 404 g/mol. The number of aliphatic hydroxyl groups is 1. The largest absolute Gasteiger partial charge is 0.469 e. The van der Waals surface area contributed by atoms with Crippen LogP contribution in [0, 0.1) is 28.6 Å². The first-order valence-corrected chi connectivity index (χ1v) is 10.5. The van der Waals surface area contributed by atoms with Gasteiger partial charge in [0.2, 0.25) is 0 Å². The first-order valence-electron chi connectivity index (χ1n) is 10.5. The van der Waals surface area contributed by atoms with Gasteiger partial charge in [-0.25, -0.2) is 0 Å². The van der Waals surface area contributed by atoms with Crippen molar-refractivity contribution in [3.05, 3.63) is 12.2 Å². The Kier molecular flexibility index (Phi) is 3.57. The van der Waals surface area contributed by atoms with E-state index in [2.05, 4.69) is 6.58 Å². The molecular weight excluding hydrogens is 376 g/mol. The van der Waals surface area contributed by atoms with Crippen LogP contribution in [0.4, 0.5) is 0 Å². The summed E-state index contributed by atoms with van der Waals surface area (Å²) >= 11 is 0. The highest BCUT2D eigenvalue weighted by Crippen LogP contribution is 2.78. The standard InChI is InChI=1S/C22H28O7/c1-11-16(24)21-10-20(11,28-12(2)23)9-6-13(21)22-8-5-7-19(3,18(26)29-22)15(22)14(21)17(25)27-4/h13-16,24H,1,5-10H2,2-4H3/t13-,14-,15-,16-,19+,20+,21-,22-/m1/s1. The van der Waals surface area contributed by atoms with E-state index in [-0.39, 0.29) is 17.8 Å². The molecule has 5 rings (SSSR count). The smallest absolute Gasteiger partial charge is 0.312 e. The SMILES string of the molecule is C=C1[C@@H](O)[C@]23C[C@@]1(OC(C)=O)CC[C@H]2[C@@]12CCC[C@](C)(C(=O)O1)[C@H]2[C@@H]3C(=O)OC. The second kappa shape index (κ2) is 5.42. The van der Waals surface area contributed by atoms with Crippen molar-refractivity contribution in [2.45, 2.75) is 69.7 Å². The van der Waals surface area contributed by atoms with Gasteiger partial charge in [0, 0.05) is 30.6 Å². The van der Waals surface area contributed by atoms with Crippen LogP contribution in [0.2, 0.25) is 0 Å². The van der Waals surface area contributed by atoms with Crippen LogP contribution in [0.25, 0.3) is 0 Å². The van der Waals surface area contributed by atoms with Crippen LogP contribution < -0.4 is 0 Å². The van der Waals surface area contributed by atoms with E-state index >= 15 is 0 Å². The molecule has 5 aliphatic rings. The molecule has 0 aromatic rings. The van der Waals surface area contributed by atoms with Gasteiger partial charge in [0.05, 0.1) is 24.5 Å². The third kappa shape index (κ3) is 1.87. The summed E-state index contributed by atoms with van der Waals surface area (Å²) < 4.78 is 17.1. The molecule has 0 unspecified atom stereocenters. The minimum Gasteiger partial charge on any atom is -0.469 e. The maximum Gasteiger partial charge on any atom is 0.312 e. The highest BCUT2D eigenvalue weighted by atomic mass is 16.6. The quantitative estimate of drug-likeness (QED) is 0.426. The van der Waals surface area contributed by atoms with Gasteiger partial charge in [-0.15, -0.1) is 0 Å². The van der Waals surface area contributed by atoms with Gasteiger partial charge >= 0.3 is 17.9 Å². The molecule has 0 aromatic heterocycles. The van der Waals surface area contributed by atoms with Crippen molar-refractivity contribution in [2.24, 2.45) is 28.6 Å². The lowest BCUT2D eigenvalue weighted by Gasteiger charge is -2.46. The van der Waals surface area contributed by atoms with Crippen LogP contribution in [0.1, 0.15) is 52.4 Å². The van der Waals surface area contributed by atoms with Gasteiger partial charge in [-0.1, -0.05) is 6.58 Å². The molecule has 4 aliphatic carbocycles. The van der Waals surface area contributed by atoms with Crippen molar-refractivity contribution in [3.8, 4) is 0 Å². The van der Waals surface area contributed by atoms with Gasteiger partial charge in [0.15, 0.2) is 0 Å². The molecule has 7 nitrogen and oxygen atoms in total. The lowest BCUT2D eigenvalue weighted by atomic mass is 9.60. The average molecular weight is 404 g/mol. The second-order valence-electron chi connectivity index (χ2n) is 9.99. The molecule has 5 fully saturated rings. The molecule has 1 aliphatic heterocycles. The minimum atomic E-state index is -1.03. The number of ether oxygens (including phenoxy) is 3. The minimum absolute atomic E-state index is 0.201. The van der Waals surface area contributed by atoms with E-state index in [1.165, 1.54) is 14.0 Å². The molecular formula is C22H28O7. The number of hydrogen-bond donors (Lipinski definition) is 1. The lowest BCUT2D eigenvalue weighted by Crippen LogP contribution is -2.51. The van der Waals surface area contributed by atoms with E-state index < -0.39 is 46.0 Å². The van der Waals surface area contributed by atoms with E-state index in [1.807, 2.05) is 6.92 Å². The highest BCUT2D eigenvalue weighted by molar-refractivity contribution is 5.85. The van der Waals surface area contributed by atoms with E-state index in [1.54, 1.807) is 0 Å². The Bertz CT molecular complexity index is 850. The van der Waals surface area contributed by atoms with E-state index in [0.29, 0.717) is 37.7 Å². The Morgan fingerprint density at radius 3 is 2.66 bits per heavy atom. The predicted octanol–water partition coefficient (Wildman–Crippen LogP) is 1.91. The fraction of sp³-hybridized carbons (Fsp3) is 0.773. The Balaban J connectivity index is 1.73. The van der Waals surface area contributed by atoms with E-state index in [9.17, 15) is 19.5 Å². The number of carbonyl (C=O) groups excluding carboxylic acids is 3. The fourth-order valence-corrected chi connectivity index (χ4v) is 8.23. The molecule has 0 radical (unpaired) electrons. The van der Waals surface area contributed by atoms with Crippen LogP contribution in [-0.2, 0) is 28.6 Å². The summed E-state index contributed by atoms with van der Waals surface area (Å²) in [5, 5.41) is 11.5. The predicted molar refractivity (Wildman–Crippen MR) is 99.2 cm³/mol. The zero-order chi connectivity index (χ0) is 21.0. The van der Waals surface area contributed by atoms with Crippen molar-refractivity contribution < 1.29 is 33.7 Å². The molecule has 1 heterocycles. The van der Waals surface area contributed by atoms with Crippen LogP contribution in [0.15, 0.2) is 12.2 Å². The number of hydrogen-bond acceptors (Lipinski definition) is 7. The topological polar surface area (TPSA) is 99.1 Å². The summed E-state index contributed by atoms with van der Waals surface area (Å²) in [4.78, 5) is 38.0. The molecule has 1 spiro atoms. The maximum atomic E-state index is 13.2. The highest BCUT2D eigenvalue weighted by Gasteiger charge is 2.85. The lowest BCUT2D eigenvalue weighted by molar-refractivity contribution is -0.173. The average Bonchev–Trinajstić information content (AvgIpc) is 3.05. The summed E-state index contributed by atoms with van der Waals surface area (Å²) in [6.07, 6.45) is 2.56. The van der Waals surface area contributed by atoms with Gasteiger partial charge < -0.3 is 19.3 Å². The second-order valence-corrected chi connectivity index (χ2v) is 9.99. The maximum absolute atomic E-state index is 13.2. The molecule has 4 saturated carbocycles. The number of carbonyl (C=O) groups is 3. The number of esters is 3. The van der Waals surface area contributed by atoms with Crippen molar-refractivity contribution in [1.82, 2.24) is 0 Å². The third-order valence-corrected chi connectivity index (χ3v) is 9.02. The van der Waals surface area contributed by atoms with Gasteiger partial charge in [-0.2, -0.15) is 0 Å². The van der Waals surface area contributed by atoms with Crippen molar-refractivity contribution >= 4 is 17.9 Å². The van der Waals surface area contributed by atoms with E-state index in [4.69, 9.17) is 14.2 Å². The summed E-state index contributed by atoms with van der Waals surface area (Å²) in [6, 6.07) is 0. The first kappa shape index (κ1) is 19.1. The van der Waals surface area contributed by atoms with Crippen molar-refractivity contribution in [1.29, 1.82) is 0 Å². The molecule has 4 bridgehead atoms. The zero-order valence-electron chi connectivity index (χ0n) is 17.2. The molecule has 0 aromatic carbocycles. The molecule has 1 saturated heterocycles. The van der Waals surface area contributed by atoms with Crippen LogP contribution in [-0.4, -0.2) is 47.4 Å². The number of aliphatic hydroxyl groups excluding tert-OH is 1. The molecule has 158 valence electrons. The van der Waals surface area contributed by atoms with Crippen molar-refractivity contribution in [2.75, 3.05) is 7.11 Å². The molecule has 29 heavy (non-hydrogen) atoms. The van der Waals surface area contributed by atoms with E-state index in [0.717, 1.165) is 6.42 Å². The van der Waals surface area contributed by atoms with Gasteiger partial charge in [-0.3, -0.25) is 14.4 Å². The summed E-state index contributed by atoms with van der Waals surface area (Å²) in [7, 11) is 1.34. The molecule has 7 heteroatoms.